The highest BCUT2D eigenvalue weighted by atomic mass is 19.4. The molecule has 3 aromatic rings. The van der Waals surface area contributed by atoms with Crippen molar-refractivity contribution in [1.29, 1.82) is 0 Å². The number of rotatable bonds is 5. The molecule has 0 aliphatic heterocycles. The monoisotopic (exact) mass is 385 g/mol. The van der Waals surface area contributed by atoms with Crippen molar-refractivity contribution in [2.75, 3.05) is 0 Å². The van der Waals surface area contributed by atoms with Crippen molar-refractivity contribution in [2.45, 2.75) is 45.8 Å². The maximum Gasteiger partial charge on any atom is 0.416 e. The standard InChI is InChI=1S/C22H20F3N.C2H6/c1-16(20-13-5-10-18-9-2-3-12-21(18)20)26-14-6-8-17-7-4-11-19(15-17)22(23,24)25;1-2/h2-5,7,9-16H,6,8H2,1H3;1-2H3. The van der Waals surface area contributed by atoms with E-state index in [-0.39, 0.29) is 6.04 Å². The van der Waals surface area contributed by atoms with Gasteiger partial charge >= 0.3 is 6.18 Å². The average molecular weight is 385 g/mol. The summed E-state index contributed by atoms with van der Waals surface area (Å²) in [5.41, 5.74) is 1.22. The molecule has 0 saturated carbocycles. The maximum atomic E-state index is 12.8. The van der Waals surface area contributed by atoms with Gasteiger partial charge in [0.1, 0.15) is 0 Å². The van der Waals surface area contributed by atoms with Gasteiger partial charge in [-0.15, -0.1) is 0 Å². The zero-order valence-corrected chi connectivity index (χ0v) is 16.5. The van der Waals surface area contributed by atoms with E-state index >= 15 is 0 Å². The molecule has 3 aromatic carbocycles. The van der Waals surface area contributed by atoms with Crippen LogP contribution in [-0.4, -0.2) is 6.21 Å². The fourth-order valence-electron chi connectivity index (χ4n) is 3.06. The molecule has 0 saturated heterocycles. The third-order valence-corrected chi connectivity index (χ3v) is 4.42. The number of benzene rings is 3. The largest absolute Gasteiger partial charge is 0.416 e. The highest BCUT2D eigenvalue weighted by Crippen LogP contribution is 2.30. The second kappa shape index (κ2) is 10.1. The Labute approximate surface area is 164 Å². The molecule has 148 valence electrons. The van der Waals surface area contributed by atoms with Crippen LogP contribution < -0.4 is 0 Å². The first kappa shape index (κ1) is 21.7. The van der Waals surface area contributed by atoms with Crippen LogP contribution in [0.2, 0.25) is 0 Å². The molecular formula is C24H26F3N. The summed E-state index contributed by atoms with van der Waals surface area (Å²) in [5.74, 6) is 0. The Morgan fingerprint density at radius 1 is 0.929 bits per heavy atom. The van der Waals surface area contributed by atoms with Crippen LogP contribution in [-0.2, 0) is 12.6 Å². The Morgan fingerprint density at radius 2 is 1.61 bits per heavy atom. The van der Waals surface area contributed by atoms with Crippen LogP contribution in [0.3, 0.4) is 0 Å². The van der Waals surface area contributed by atoms with Crippen molar-refractivity contribution in [3.63, 3.8) is 0 Å². The lowest BCUT2D eigenvalue weighted by atomic mass is 10.00. The summed E-state index contributed by atoms with van der Waals surface area (Å²) in [4.78, 5) is 4.58. The van der Waals surface area contributed by atoms with Gasteiger partial charge in [0.25, 0.3) is 0 Å². The van der Waals surface area contributed by atoms with E-state index in [1.807, 2.05) is 45.2 Å². The quantitative estimate of drug-likeness (QED) is 0.400. The van der Waals surface area contributed by atoms with Crippen molar-refractivity contribution in [1.82, 2.24) is 0 Å². The molecular weight excluding hydrogens is 359 g/mol. The molecule has 0 spiro atoms. The van der Waals surface area contributed by atoms with Gasteiger partial charge in [0, 0.05) is 0 Å². The van der Waals surface area contributed by atoms with E-state index in [1.165, 1.54) is 22.9 Å². The lowest BCUT2D eigenvalue weighted by Gasteiger charge is -2.11. The summed E-state index contributed by atoms with van der Waals surface area (Å²) in [6, 6.07) is 19.8. The van der Waals surface area contributed by atoms with Crippen LogP contribution in [0.25, 0.3) is 10.8 Å². The number of aliphatic imine (C=N–C) groups is 1. The van der Waals surface area contributed by atoms with Crippen LogP contribution in [0.4, 0.5) is 13.2 Å². The molecule has 0 radical (unpaired) electrons. The summed E-state index contributed by atoms with van der Waals surface area (Å²) in [6.07, 6.45) is -1.34. The fraction of sp³-hybridized carbons (Fsp3) is 0.292. The van der Waals surface area contributed by atoms with E-state index in [0.717, 1.165) is 11.6 Å². The average Bonchev–Trinajstić information content (AvgIpc) is 2.72. The van der Waals surface area contributed by atoms with E-state index in [9.17, 15) is 13.2 Å². The van der Waals surface area contributed by atoms with Gasteiger partial charge in [-0.05, 0) is 53.9 Å². The van der Waals surface area contributed by atoms with Gasteiger partial charge in [0.05, 0.1) is 11.6 Å². The summed E-state index contributed by atoms with van der Waals surface area (Å²) in [7, 11) is 0. The predicted octanol–water partition coefficient (Wildman–Crippen LogP) is 7.65. The Balaban J connectivity index is 0.00000136. The lowest BCUT2D eigenvalue weighted by molar-refractivity contribution is -0.137. The Hall–Kier alpha value is -2.62. The number of fused-ring (bicyclic) bond motifs is 1. The van der Waals surface area contributed by atoms with E-state index in [0.29, 0.717) is 18.4 Å². The second-order valence-electron chi connectivity index (χ2n) is 6.31. The van der Waals surface area contributed by atoms with Gasteiger partial charge in [-0.1, -0.05) is 74.5 Å². The van der Waals surface area contributed by atoms with Crippen LogP contribution in [0.15, 0.2) is 71.7 Å². The molecule has 28 heavy (non-hydrogen) atoms. The summed E-state index contributed by atoms with van der Waals surface area (Å²) < 4.78 is 38.3. The topological polar surface area (TPSA) is 12.4 Å². The molecule has 4 heteroatoms. The lowest BCUT2D eigenvalue weighted by Crippen LogP contribution is -2.05. The molecule has 0 N–H and O–H groups in total. The normalized spacial score (nSPS) is 12.6. The third kappa shape index (κ3) is 5.69. The molecule has 0 fully saturated rings. The highest BCUT2D eigenvalue weighted by Gasteiger charge is 2.30. The van der Waals surface area contributed by atoms with Crippen molar-refractivity contribution in [3.8, 4) is 0 Å². The molecule has 0 amide bonds. The van der Waals surface area contributed by atoms with Crippen LogP contribution in [0.1, 0.15) is 49.9 Å². The number of alkyl halides is 3. The van der Waals surface area contributed by atoms with Gasteiger partial charge in [-0.3, -0.25) is 4.99 Å². The summed E-state index contributed by atoms with van der Waals surface area (Å²) in [6.45, 7) is 6.03. The highest BCUT2D eigenvalue weighted by molar-refractivity contribution is 5.86. The molecule has 0 heterocycles. The SMILES string of the molecule is CC.CC(N=CCCc1cccc(C(F)(F)F)c1)c1cccc2ccccc12. The zero-order chi connectivity index (χ0) is 20.6. The zero-order valence-electron chi connectivity index (χ0n) is 16.5. The second-order valence-corrected chi connectivity index (χ2v) is 6.31. The number of nitrogens with zero attached hydrogens (tertiary/aromatic N) is 1. The first-order chi connectivity index (χ1) is 13.4. The minimum atomic E-state index is -4.30. The molecule has 1 unspecified atom stereocenters. The molecule has 0 aromatic heterocycles. The molecule has 3 rings (SSSR count). The molecule has 1 nitrogen and oxygen atoms in total. The van der Waals surface area contributed by atoms with Crippen molar-refractivity contribution in [2.24, 2.45) is 4.99 Å². The minimum absolute atomic E-state index is 0.00242. The first-order valence-electron chi connectivity index (χ1n) is 9.60. The van der Waals surface area contributed by atoms with E-state index in [1.54, 1.807) is 6.07 Å². The Kier molecular flexibility index (Phi) is 7.80. The first-order valence-corrected chi connectivity index (χ1v) is 9.60. The van der Waals surface area contributed by atoms with Crippen molar-refractivity contribution >= 4 is 17.0 Å². The number of hydrogen-bond acceptors (Lipinski definition) is 1. The van der Waals surface area contributed by atoms with E-state index in [4.69, 9.17) is 0 Å². The minimum Gasteiger partial charge on any atom is -0.290 e. The smallest absolute Gasteiger partial charge is 0.290 e. The molecule has 1 atom stereocenters. The number of hydrogen-bond donors (Lipinski definition) is 0. The summed E-state index contributed by atoms with van der Waals surface area (Å²) >= 11 is 0. The van der Waals surface area contributed by atoms with Gasteiger partial charge in [-0.25, -0.2) is 0 Å². The van der Waals surface area contributed by atoms with Gasteiger partial charge in [0.2, 0.25) is 0 Å². The van der Waals surface area contributed by atoms with Gasteiger partial charge in [0.15, 0.2) is 0 Å². The third-order valence-electron chi connectivity index (χ3n) is 4.42. The van der Waals surface area contributed by atoms with Crippen molar-refractivity contribution in [3.05, 3.63) is 83.4 Å². The maximum absolute atomic E-state index is 12.8. The fourth-order valence-corrected chi connectivity index (χ4v) is 3.06. The Bertz CT molecular complexity index is 908. The molecule has 0 aliphatic carbocycles. The van der Waals surface area contributed by atoms with Crippen LogP contribution in [0.5, 0.6) is 0 Å². The molecule has 0 aliphatic rings. The van der Waals surface area contributed by atoms with E-state index in [2.05, 4.69) is 29.3 Å². The van der Waals surface area contributed by atoms with E-state index < -0.39 is 11.7 Å². The summed E-state index contributed by atoms with van der Waals surface area (Å²) in [5, 5.41) is 2.36. The number of halogens is 3. The van der Waals surface area contributed by atoms with Gasteiger partial charge < -0.3 is 0 Å². The molecule has 0 bridgehead atoms. The van der Waals surface area contributed by atoms with Crippen molar-refractivity contribution < 1.29 is 13.2 Å². The number of aryl methyl sites for hydroxylation is 1. The van der Waals surface area contributed by atoms with Crippen LogP contribution >= 0.6 is 0 Å². The van der Waals surface area contributed by atoms with Crippen LogP contribution in [0, 0.1) is 0 Å². The Morgan fingerprint density at radius 3 is 2.36 bits per heavy atom. The predicted molar refractivity (Wildman–Crippen MR) is 112 cm³/mol. The van der Waals surface area contributed by atoms with Gasteiger partial charge in [-0.2, -0.15) is 13.2 Å².